The summed E-state index contributed by atoms with van der Waals surface area (Å²) in [5, 5.41) is 0. The number of anilines is 1. The molecule has 14 heavy (non-hydrogen) atoms. The molecule has 0 aliphatic carbocycles. The third kappa shape index (κ3) is 1.35. The van der Waals surface area contributed by atoms with Crippen LogP contribution >= 0.6 is 0 Å². The normalized spacial score (nSPS) is 10.4. The zero-order valence-corrected chi connectivity index (χ0v) is 8.20. The molecule has 0 spiro atoms. The maximum absolute atomic E-state index is 5.90. The second-order valence-electron chi connectivity index (χ2n) is 3.22. The van der Waals surface area contributed by atoms with E-state index in [-0.39, 0.29) is 0 Å². The van der Waals surface area contributed by atoms with Gasteiger partial charge in [-0.1, -0.05) is 0 Å². The van der Waals surface area contributed by atoms with Gasteiger partial charge in [-0.15, -0.1) is 0 Å². The van der Waals surface area contributed by atoms with E-state index in [1.54, 1.807) is 0 Å². The van der Waals surface area contributed by atoms with E-state index < -0.39 is 0 Å². The summed E-state index contributed by atoms with van der Waals surface area (Å²) in [4.78, 5) is 11.5. The van der Waals surface area contributed by atoms with Crippen LogP contribution in [0.3, 0.4) is 0 Å². The van der Waals surface area contributed by atoms with Gasteiger partial charge in [0.25, 0.3) is 0 Å². The van der Waals surface area contributed by atoms with Crippen molar-refractivity contribution in [3.8, 4) is 11.3 Å². The molecular formula is C10H12N4. The van der Waals surface area contributed by atoms with Gasteiger partial charge < -0.3 is 10.7 Å². The van der Waals surface area contributed by atoms with Crippen molar-refractivity contribution in [2.24, 2.45) is 0 Å². The Labute approximate surface area is 82.2 Å². The molecule has 0 saturated heterocycles. The lowest BCUT2D eigenvalue weighted by Crippen LogP contribution is -2.01. The van der Waals surface area contributed by atoms with Gasteiger partial charge in [-0.25, -0.2) is 9.97 Å². The largest absolute Gasteiger partial charge is 0.395 e. The van der Waals surface area contributed by atoms with Gasteiger partial charge in [-0.2, -0.15) is 0 Å². The van der Waals surface area contributed by atoms with Gasteiger partial charge in [-0.05, 0) is 19.9 Å². The molecule has 0 aliphatic rings. The SMILES string of the molecule is Cc1nc(C)c(N)c(-c2cc[nH]c2)n1. The highest BCUT2D eigenvalue weighted by molar-refractivity contribution is 5.73. The van der Waals surface area contributed by atoms with Gasteiger partial charge in [0.1, 0.15) is 5.82 Å². The number of nitrogens with one attached hydrogen (secondary N) is 1. The molecule has 4 heteroatoms. The van der Waals surface area contributed by atoms with Crippen LogP contribution < -0.4 is 5.73 Å². The van der Waals surface area contributed by atoms with Crippen LogP contribution in [-0.2, 0) is 0 Å². The highest BCUT2D eigenvalue weighted by Crippen LogP contribution is 2.24. The van der Waals surface area contributed by atoms with E-state index in [1.807, 2.05) is 32.3 Å². The lowest BCUT2D eigenvalue weighted by atomic mass is 10.2. The molecule has 0 radical (unpaired) electrons. The summed E-state index contributed by atoms with van der Waals surface area (Å²) in [7, 11) is 0. The molecule has 4 nitrogen and oxygen atoms in total. The minimum atomic E-state index is 0.648. The average molecular weight is 188 g/mol. The Balaban J connectivity index is 2.64. The van der Waals surface area contributed by atoms with E-state index in [9.17, 15) is 0 Å². The molecule has 2 heterocycles. The second-order valence-corrected chi connectivity index (χ2v) is 3.22. The molecule has 3 N–H and O–H groups in total. The quantitative estimate of drug-likeness (QED) is 0.715. The Bertz CT molecular complexity index is 445. The zero-order valence-electron chi connectivity index (χ0n) is 8.20. The highest BCUT2D eigenvalue weighted by atomic mass is 14.9. The summed E-state index contributed by atoms with van der Waals surface area (Å²) in [6.07, 6.45) is 3.72. The van der Waals surface area contributed by atoms with Crippen LogP contribution in [-0.4, -0.2) is 15.0 Å². The fourth-order valence-corrected chi connectivity index (χ4v) is 1.41. The highest BCUT2D eigenvalue weighted by Gasteiger charge is 2.08. The van der Waals surface area contributed by atoms with E-state index in [0.717, 1.165) is 22.8 Å². The number of nitrogen functional groups attached to an aromatic ring is 1. The van der Waals surface area contributed by atoms with E-state index >= 15 is 0 Å². The molecule has 0 saturated carbocycles. The number of aromatic amines is 1. The topological polar surface area (TPSA) is 67.6 Å². The number of hydrogen-bond donors (Lipinski definition) is 2. The average Bonchev–Trinajstić information content (AvgIpc) is 2.63. The monoisotopic (exact) mass is 188 g/mol. The number of aryl methyl sites for hydroxylation is 2. The Hall–Kier alpha value is -1.84. The lowest BCUT2D eigenvalue weighted by Gasteiger charge is -2.06. The molecule has 72 valence electrons. The molecule has 0 aromatic carbocycles. The summed E-state index contributed by atoms with van der Waals surface area (Å²) in [6, 6.07) is 1.94. The Morgan fingerprint density at radius 2 is 2.07 bits per heavy atom. The van der Waals surface area contributed by atoms with Crippen LogP contribution in [0.15, 0.2) is 18.5 Å². The summed E-state index contributed by atoms with van der Waals surface area (Å²) in [6.45, 7) is 3.75. The smallest absolute Gasteiger partial charge is 0.126 e. The number of H-pyrrole nitrogens is 1. The molecule has 0 fully saturated rings. The molecule has 0 aliphatic heterocycles. The first-order valence-electron chi connectivity index (χ1n) is 4.42. The van der Waals surface area contributed by atoms with Crippen LogP contribution in [0.1, 0.15) is 11.5 Å². The van der Waals surface area contributed by atoms with Crippen molar-refractivity contribution < 1.29 is 0 Å². The van der Waals surface area contributed by atoms with Gasteiger partial charge in [-0.3, -0.25) is 0 Å². The third-order valence-electron chi connectivity index (χ3n) is 2.12. The Morgan fingerprint density at radius 1 is 1.29 bits per heavy atom. The van der Waals surface area contributed by atoms with Gasteiger partial charge in [0.2, 0.25) is 0 Å². The van der Waals surface area contributed by atoms with Crippen molar-refractivity contribution >= 4 is 5.69 Å². The predicted octanol–water partition coefficient (Wildman–Crippen LogP) is 1.67. The molecule has 0 bridgehead atoms. The molecule has 0 amide bonds. The molecule has 2 rings (SSSR count). The standard InChI is InChI=1S/C10H12N4/c1-6-9(11)10(14-7(2)13-6)8-3-4-12-5-8/h3-5,12H,11H2,1-2H3. The number of rotatable bonds is 1. The van der Waals surface area contributed by atoms with E-state index in [2.05, 4.69) is 15.0 Å². The predicted molar refractivity (Wildman–Crippen MR) is 55.7 cm³/mol. The fourth-order valence-electron chi connectivity index (χ4n) is 1.41. The van der Waals surface area contributed by atoms with Crippen LogP contribution in [0.2, 0.25) is 0 Å². The minimum absolute atomic E-state index is 0.648. The maximum atomic E-state index is 5.90. The Kier molecular flexibility index (Phi) is 1.96. The van der Waals surface area contributed by atoms with Crippen LogP contribution in [0.5, 0.6) is 0 Å². The van der Waals surface area contributed by atoms with Gasteiger partial charge in [0.05, 0.1) is 17.1 Å². The first-order chi connectivity index (χ1) is 6.68. The number of aromatic nitrogens is 3. The summed E-state index contributed by atoms with van der Waals surface area (Å²) < 4.78 is 0. The molecule has 0 atom stereocenters. The summed E-state index contributed by atoms with van der Waals surface area (Å²) >= 11 is 0. The number of nitrogens with zero attached hydrogens (tertiary/aromatic N) is 2. The lowest BCUT2D eigenvalue weighted by molar-refractivity contribution is 1.02. The van der Waals surface area contributed by atoms with E-state index in [1.165, 1.54) is 0 Å². The molecular weight excluding hydrogens is 176 g/mol. The van der Waals surface area contributed by atoms with Crippen molar-refractivity contribution in [3.63, 3.8) is 0 Å². The summed E-state index contributed by atoms with van der Waals surface area (Å²) in [5.74, 6) is 0.743. The van der Waals surface area contributed by atoms with Crippen molar-refractivity contribution in [3.05, 3.63) is 30.0 Å². The van der Waals surface area contributed by atoms with Crippen molar-refractivity contribution in [1.82, 2.24) is 15.0 Å². The molecule has 2 aromatic rings. The van der Waals surface area contributed by atoms with Crippen LogP contribution in [0.25, 0.3) is 11.3 Å². The van der Waals surface area contributed by atoms with Crippen LogP contribution in [0.4, 0.5) is 5.69 Å². The minimum Gasteiger partial charge on any atom is -0.395 e. The van der Waals surface area contributed by atoms with Crippen molar-refractivity contribution in [1.29, 1.82) is 0 Å². The number of hydrogen-bond acceptors (Lipinski definition) is 3. The first kappa shape index (κ1) is 8.74. The fraction of sp³-hybridized carbons (Fsp3) is 0.200. The summed E-state index contributed by atoms with van der Waals surface area (Å²) in [5.41, 5.74) is 9.18. The molecule has 2 aromatic heterocycles. The maximum Gasteiger partial charge on any atom is 0.126 e. The van der Waals surface area contributed by atoms with E-state index in [4.69, 9.17) is 5.73 Å². The van der Waals surface area contributed by atoms with Gasteiger partial charge >= 0.3 is 0 Å². The van der Waals surface area contributed by atoms with Crippen LogP contribution in [0, 0.1) is 13.8 Å². The number of nitrogens with two attached hydrogens (primary N) is 1. The van der Waals surface area contributed by atoms with E-state index in [0.29, 0.717) is 5.69 Å². The second kappa shape index (κ2) is 3.14. The Morgan fingerprint density at radius 3 is 2.71 bits per heavy atom. The van der Waals surface area contributed by atoms with Gasteiger partial charge in [0.15, 0.2) is 0 Å². The zero-order chi connectivity index (χ0) is 10.1. The van der Waals surface area contributed by atoms with Crippen molar-refractivity contribution in [2.45, 2.75) is 13.8 Å². The first-order valence-corrected chi connectivity index (χ1v) is 4.42. The van der Waals surface area contributed by atoms with Gasteiger partial charge in [0, 0.05) is 18.0 Å². The molecule has 0 unspecified atom stereocenters. The van der Waals surface area contributed by atoms with Crippen molar-refractivity contribution in [2.75, 3.05) is 5.73 Å². The third-order valence-corrected chi connectivity index (χ3v) is 2.12.